The first-order valence-corrected chi connectivity index (χ1v) is 5.97. The van der Waals surface area contributed by atoms with Crippen molar-refractivity contribution in [2.45, 2.75) is 4.90 Å². The highest BCUT2D eigenvalue weighted by Gasteiger charge is 2.00. The highest BCUT2D eigenvalue weighted by atomic mass is 35.5. The van der Waals surface area contributed by atoms with Crippen molar-refractivity contribution in [3.05, 3.63) is 23.2 Å². The van der Waals surface area contributed by atoms with E-state index in [1.165, 1.54) is 0 Å². The van der Waals surface area contributed by atoms with E-state index in [0.29, 0.717) is 23.9 Å². The molecule has 0 saturated carbocycles. The molecule has 3 nitrogen and oxygen atoms in total. The molecule has 1 aromatic carbocycles. The van der Waals surface area contributed by atoms with E-state index in [-0.39, 0.29) is 6.61 Å². The maximum atomic E-state index is 8.49. The zero-order valence-electron chi connectivity index (χ0n) is 8.28. The lowest BCUT2D eigenvalue weighted by Gasteiger charge is -2.05. The number of thioether (sulfide) groups is 1. The number of nitrogens with two attached hydrogens (primary N) is 1. The molecule has 15 heavy (non-hydrogen) atoms. The molecule has 3 N–H and O–H groups in total. The van der Waals surface area contributed by atoms with Crippen LogP contribution in [0.15, 0.2) is 23.1 Å². The lowest BCUT2D eigenvalue weighted by atomic mass is 10.3. The summed E-state index contributed by atoms with van der Waals surface area (Å²) in [5.74, 6) is 0.811. The van der Waals surface area contributed by atoms with Crippen molar-refractivity contribution in [3.63, 3.8) is 0 Å². The molecule has 0 radical (unpaired) electrons. The molecule has 0 spiro atoms. The van der Waals surface area contributed by atoms with E-state index in [1.54, 1.807) is 17.8 Å². The summed E-state index contributed by atoms with van der Waals surface area (Å²) in [5, 5.41) is 9.14. The van der Waals surface area contributed by atoms with Crippen molar-refractivity contribution in [2.24, 2.45) is 0 Å². The zero-order valence-corrected chi connectivity index (χ0v) is 9.85. The molecule has 0 amide bonds. The molecule has 0 atom stereocenters. The van der Waals surface area contributed by atoms with Crippen molar-refractivity contribution in [3.8, 4) is 0 Å². The fraction of sp³-hybridized carbons (Fsp3) is 0.400. The van der Waals surface area contributed by atoms with Crippen LogP contribution in [0.4, 0.5) is 5.69 Å². The van der Waals surface area contributed by atoms with Gasteiger partial charge in [-0.25, -0.2) is 0 Å². The summed E-state index contributed by atoms with van der Waals surface area (Å²) in [6, 6.07) is 5.45. The molecule has 0 aliphatic heterocycles. The van der Waals surface area contributed by atoms with E-state index >= 15 is 0 Å². The Kier molecular flexibility index (Phi) is 5.86. The second kappa shape index (κ2) is 6.95. The monoisotopic (exact) mass is 247 g/mol. The van der Waals surface area contributed by atoms with E-state index in [2.05, 4.69) is 0 Å². The third-order valence-corrected chi connectivity index (χ3v) is 2.98. The molecule has 0 aromatic heterocycles. The number of benzene rings is 1. The number of aliphatic hydroxyl groups excluding tert-OH is 1. The van der Waals surface area contributed by atoms with Gasteiger partial charge in [-0.05, 0) is 18.2 Å². The summed E-state index contributed by atoms with van der Waals surface area (Å²) in [6.45, 7) is 1.05. The van der Waals surface area contributed by atoms with Gasteiger partial charge in [-0.3, -0.25) is 0 Å². The second-order valence-electron chi connectivity index (χ2n) is 2.87. The Morgan fingerprint density at radius 1 is 1.40 bits per heavy atom. The Morgan fingerprint density at radius 2 is 2.20 bits per heavy atom. The Labute approximate surface area is 98.6 Å². The molecule has 0 aliphatic rings. The van der Waals surface area contributed by atoms with Crippen molar-refractivity contribution in [1.29, 1.82) is 0 Å². The molecule has 0 fully saturated rings. The van der Waals surface area contributed by atoms with E-state index in [4.69, 9.17) is 27.2 Å². The Morgan fingerprint density at radius 3 is 2.87 bits per heavy atom. The van der Waals surface area contributed by atoms with Gasteiger partial charge in [0.25, 0.3) is 0 Å². The highest BCUT2D eigenvalue weighted by molar-refractivity contribution is 7.99. The molecule has 0 aliphatic carbocycles. The van der Waals surface area contributed by atoms with Crippen LogP contribution >= 0.6 is 23.4 Å². The van der Waals surface area contributed by atoms with Crippen LogP contribution in [-0.4, -0.2) is 30.7 Å². The van der Waals surface area contributed by atoms with Crippen molar-refractivity contribution < 1.29 is 9.84 Å². The third kappa shape index (κ3) is 4.75. The van der Waals surface area contributed by atoms with Gasteiger partial charge in [-0.15, -0.1) is 11.8 Å². The topological polar surface area (TPSA) is 55.5 Å². The minimum Gasteiger partial charge on any atom is -0.398 e. The molecular weight excluding hydrogens is 234 g/mol. The standard InChI is InChI=1S/C10H14ClNO2S/c11-8-1-2-10(9(12)7-8)15-6-5-14-4-3-13/h1-2,7,13H,3-6,12H2. The van der Waals surface area contributed by atoms with E-state index in [1.807, 2.05) is 12.1 Å². The first kappa shape index (κ1) is 12.6. The largest absolute Gasteiger partial charge is 0.398 e. The van der Waals surface area contributed by atoms with Crippen LogP contribution in [0.2, 0.25) is 5.02 Å². The predicted octanol–water partition coefficient (Wildman–Crippen LogP) is 2.02. The van der Waals surface area contributed by atoms with Gasteiger partial charge in [0.2, 0.25) is 0 Å². The normalized spacial score (nSPS) is 10.5. The number of hydrogen-bond acceptors (Lipinski definition) is 4. The Balaban J connectivity index is 2.31. The SMILES string of the molecule is Nc1cc(Cl)ccc1SCCOCCO. The molecule has 0 saturated heterocycles. The fourth-order valence-corrected chi connectivity index (χ4v) is 2.02. The quantitative estimate of drug-likeness (QED) is 0.459. The summed E-state index contributed by atoms with van der Waals surface area (Å²) >= 11 is 7.39. The Bertz CT molecular complexity index is 309. The van der Waals surface area contributed by atoms with Crippen LogP contribution < -0.4 is 5.73 Å². The summed E-state index contributed by atoms with van der Waals surface area (Å²) < 4.78 is 5.13. The molecule has 84 valence electrons. The number of hydrogen-bond donors (Lipinski definition) is 2. The molecule has 0 bridgehead atoms. The molecule has 5 heteroatoms. The van der Waals surface area contributed by atoms with Gasteiger partial charge >= 0.3 is 0 Å². The number of aliphatic hydroxyl groups is 1. The lowest BCUT2D eigenvalue weighted by Crippen LogP contribution is -2.02. The summed E-state index contributed by atoms with van der Waals surface area (Å²) in [4.78, 5) is 1.01. The molecule has 0 heterocycles. The number of halogens is 1. The molecule has 1 rings (SSSR count). The summed E-state index contributed by atoms with van der Waals surface area (Å²) in [6.07, 6.45) is 0. The van der Waals surface area contributed by atoms with Crippen LogP contribution in [0.5, 0.6) is 0 Å². The molecule has 0 unspecified atom stereocenters. The number of nitrogen functional groups attached to an aromatic ring is 1. The molecule has 1 aromatic rings. The van der Waals surface area contributed by atoms with Gasteiger partial charge in [0.15, 0.2) is 0 Å². The minimum absolute atomic E-state index is 0.0632. The van der Waals surface area contributed by atoms with Crippen LogP contribution in [0.3, 0.4) is 0 Å². The average molecular weight is 248 g/mol. The van der Waals surface area contributed by atoms with Gasteiger partial charge in [0.05, 0.1) is 19.8 Å². The lowest BCUT2D eigenvalue weighted by molar-refractivity contribution is 0.103. The number of anilines is 1. The van der Waals surface area contributed by atoms with E-state index in [0.717, 1.165) is 10.6 Å². The zero-order chi connectivity index (χ0) is 11.1. The minimum atomic E-state index is 0.0632. The maximum absolute atomic E-state index is 8.49. The maximum Gasteiger partial charge on any atom is 0.0698 e. The van der Waals surface area contributed by atoms with Crippen LogP contribution in [-0.2, 0) is 4.74 Å². The van der Waals surface area contributed by atoms with Crippen LogP contribution in [0.25, 0.3) is 0 Å². The van der Waals surface area contributed by atoms with Gasteiger partial charge in [-0.2, -0.15) is 0 Å². The van der Waals surface area contributed by atoms with Crippen LogP contribution in [0.1, 0.15) is 0 Å². The average Bonchev–Trinajstić information content (AvgIpc) is 2.20. The van der Waals surface area contributed by atoms with E-state index in [9.17, 15) is 0 Å². The Hall–Kier alpha value is -0.420. The first-order chi connectivity index (χ1) is 7.24. The third-order valence-electron chi connectivity index (χ3n) is 1.69. The highest BCUT2D eigenvalue weighted by Crippen LogP contribution is 2.27. The molecular formula is C10H14ClNO2S. The fourth-order valence-electron chi connectivity index (χ4n) is 1.03. The van der Waals surface area contributed by atoms with Gasteiger partial charge in [-0.1, -0.05) is 11.6 Å². The second-order valence-corrected chi connectivity index (χ2v) is 4.44. The van der Waals surface area contributed by atoms with Crippen molar-refractivity contribution in [2.75, 3.05) is 31.3 Å². The van der Waals surface area contributed by atoms with E-state index < -0.39 is 0 Å². The van der Waals surface area contributed by atoms with Gasteiger partial charge in [0, 0.05) is 21.4 Å². The first-order valence-electron chi connectivity index (χ1n) is 4.60. The van der Waals surface area contributed by atoms with Crippen molar-refractivity contribution in [1.82, 2.24) is 0 Å². The van der Waals surface area contributed by atoms with Gasteiger partial charge < -0.3 is 15.6 Å². The summed E-state index contributed by atoms with van der Waals surface area (Å²) in [5.41, 5.74) is 6.47. The summed E-state index contributed by atoms with van der Waals surface area (Å²) in [7, 11) is 0. The van der Waals surface area contributed by atoms with Crippen molar-refractivity contribution >= 4 is 29.1 Å². The predicted molar refractivity (Wildman–Crippen MR) is 64.5 cm³/mol. The number of ether oxygens (including phenoxy) is 1. The number of rotatable bonds is 6. The van der Waals surface area contributed by atoms with Gasteiger partial charge in [0.1, 0.15) is 0 Å². The smallest absolute Gasteiger partial charge is 0.0698 e. The van der Waals surface area contributed by atoms with Crippen LogP contribution in [0, 0.1) is 0 Å².